The molecule has 0 aliphatic heterocycles. The average Bonchev–Trinajstić information content (AvgIpc) is 3.24. The fourth-order valence-corrected chi connectivity index (χ4v) is 2.18. The van der Waals surface area contributed by atoms with Gasteiger partial charge in [-0.2, -0.15) is 18.3 Å². The number of aromatic nitrogens is 2. The highest BCUT2D eigenvalue weighted by Gasteiger charge is 2.31. The molecule has 4 nitrogen and oxygen atoms in total. The molecule has 2 aromatic rings. The van der Waals surface area contributed by atoms with E-state index in [9.17, 15) is 18.0 Å². The Labute approximate surface area is 124 Å². The van der Waals surface area contributed by atoms with Gasteiger partial charge in [0.05, 0.1) is 11.4 Å². The van der Waals surface area contributed by atoms with Crippen molar-refractivity contribution in [1.29, 1.82) is 0 Å². The third kappa shape index (κ3) is 3.29. The Hall–Kier alpha value is -2.31. The second-order valence-corrected chi connectivity index (χ2v) is 5.27. The first kappa shape index (κ1) is 14.6. The van der Waals surface area contributed by atoms with E-state index in [1.165, 1.54) is 4.68 Å². The van der Waals surface area contributed by atoms with E-state index < -0.39 is 18.6 Å². The molecule has 1 saturated carbocycles. The zero-order valence-electron chi connectivity index (χ0n) is 11.6. The van der Waals surface area contributed by atoms with Crippen molar-refractivity contribution >= 4 is 5.91 Å². The lowest BCUT2D eigenvalue weighted by molar-refractivity contribution is -0.123. The Kier molecular flexibility index (Phi) is 3.64. The number of hydrogen-bond acceptors (Lipinski definition) is 2. The highest BCUT2D eigenvalue weighted by molar-refractivity contribution is 5.93. The number of rotatable bonds is 4. The molecule has 1 aromatic carbocycles. The van der Waals surface area contributed by atoms with E-state index in [-0.39, 0.29) is 5.69 Å². The van der Waals surface area contributed by atoms with Crippen molar-refractivity contribution < 1.29 is 18.0 Å². The van der Waals surface area contributed by atoms with Gasteiger partial charge >= 0.3 is 6.18 Å². The van der Waals surface area contributed by atoms with Crippen LogP contribution in [0.5, 0.6) is 0 Å². The van der Waals surface area contributed by atoms with Gasteiger partial charge < -0.3 is 5.32 Å². The number of benzene rings is 1. The Balaban J connectivity index is 1.90. The van der Waals surface area contributed by atoms with E-state index in [2.05, 4.69) is 5.10 Å². The van der Waals surface area contributed by atoms with Crippen LogP contribution in [0, 0.1) is 0 Å². The summed E-state index contributed by atoms with van der Waals surface area (Å²) in [6.07, 6.45) is -2.45. The summed E-state index contributed by atoms with van der Waals surface area (Å²) in [5.74, 6) is -0.472. The Bertz CT molecular complexity index is 675. The molecule has 1 N–H and O–H groups in total. The number of hydrogen-bond donors (Lipinski definition) is 1. The normalized spacial score (nSPS) is 14.9. The first-order valence-electron chi connectivity index (χ1n) is 6.94. The lowest BCUT2D eigenvalue weighted by atomic mass is 10.2. The third-order valence-electron chi connectivity index (χ3n) is 3.41. The SMILES string of the molecule is O=C(NCC(F)(F)F)c1cc(C2CC2)nn1-c1ccccc1. The molecule has 1 aliphatic carbocycles. The molecule has 1 amide bonds. The van der Waals surface area contributed by atoms with Gasteiger partial charge in [0.1, 0.15) is 12.2 Å². The summed E-state index contributed by atoms with van der Waals surface area (Å²) in [5, 5.41) is 6.28. The molecule has 7 heteroatoms. The Morgan fingerprint density at radius 3 is 2.55 bits per heavy atom. The number of amides is 1. The monoisotopic (exact) mass is 309 g/mol. The highest BCUT2D eigenvalue weighted by Crippen LogP contribution is 2.39. The molecule has 0 radical (unpaired) electrons. The van der Waals surface area contributed by atoms with Gasteiger partial charge in [-0.25, -0.2) is 4.68 Å². The van der Waals surface area contributed by atoms with Crippen molar-refractivity contribution in [2.45, 2.75) is 24.9 Å². The van der Waals surface area contributed by atoms with E-state index >= 15 is 0 Å². The number of nitrogens with zero attached hydrogens (tertiary/aromatic N) is 2. The van der Waals surface area contributed by atoms with Gasteiger partial charge in [-0.1, -0.05) is 18.2 Å². The van der Waals surface area contributed by atoms with Crippen LogP contribution < -0.4 is 5.32 Å². The summed E-state index contributed by atoms with van der Waals surface area (Å²) in [6.45, 7) is -1.36. The molecule has 0 spiro atoms. The van der Waals surface area contributed by atoms with Gasteiger partial charge in [0.25, 0.3) is 5.91 Å². The quantitative estimate of drug-likeness (QED) is 0.943. The maximum absolute atomic E-state index is 12.3. The number of alkyl halides is 3. The summed E-state index contributed by atoms with van der Waals surface area (Å²) in [7, 11) is 0. The van der Waals surface area contributed by atoms with Crippen LogP contribution >= 0.6 is 0 Å². The zero-order valence-corrected chi connectivity index (χ0v) is 11.6. The van der Waals surface area contributed by atoms with Crippen LogP contribution in [-0.4, -0.2) is 28.4 Å². The second-order valence-electron chi connectivity index (χ2n) is 5.27. The maximum Gasteiger partial charge on any atom is 0.405 e. The van der Waals surface area contributed by atoms with Gasteiger partial charge in [0, 0.05) is 5.92 Å². The summed E-state index contributed by atoms with van der Waals surface area (Å²) < 4.78 is 38.2. The minimum atomic E-state index is -4.44. The van der Waals surface area contributed by atoms with Gasteiger partial charge in [0.15, 0.2) is 0 Å². The van der Waals surface area contributed by atoms with Crippen molar-refractivity contribution in [2.75, 3.05) is 6.54 Å². The molecule has 3 rings (SSSR count). The van der Waals surface area contributed by atoms with Crippen molar-refractivity contribution in [3.05, 3.63) is 47.8 Å². The molecule has 1 aliphatic rings. The number of para-hydroxylation sites is 1. The summed E-state index contributed by atoms with van der Waals surface area (Å²) in [5.41, 5.74) is 1.52. The lowest BCUT2D eigenvalue weighted by Gasteiger charge is -2.10. The molecule has 116 valence electrons. The number of carbonyl (C=O) groups is 1. The van der Waals surface area contributed by atoms with Crippen LogP contribution in [0.15, 0.2) is 36.4 Å². The number of carbonyl (C=O) groups excluding carboxylic acids is 1. The van der Waals surface area contributed by atoms with Gasteiger partial charge in [0.2, 0.25) is 0 Å². The second kappa shape index (κ2) is 5.47. The molecule has 0 unspecified atom stereocenters. The minimum absolute atomic E-state index is 0.123. The predicted octanol–water partition coefficient (Wildman–Crippen LogP) is 3.04. The standard InChI is InChI=1S/C15H14F3N3O/c16-15(17,18)9-19-14(22)13-8-12(10-6-7-10)20-21(13)11-4-2-1-3-5-11/h1-5,8,10H,6-7,9H2,(H,19,22). The summed E-state index contributed by atoms with van der Waals surface area (Å²) >= 11 is 0. The van der Waals surface area contributed by atoms with Crippen molar-refractivity contribution in [1.82, 2.24) is 15.1 Å². The third-order valence-corrected chi connectivity index (χ3v) is 3.41. The average molecular weight is 309 g/mol. The predicted molar refractivity (Wildman–Crippen MR) is 73.9 cm³/mol. The van der Waals surface area contributed by atoms with Crippen LogP contribution in [0.25, 0.3) is 5.69 Å². The van der Waals surface area contributed by atoms with Crippen molar-refractivity contribution in [3.63, 3.8) is 0 Å². The van der Waals surface area contributed by atoms with Crippen LogP contribution in [0.4, 0.5) is 13.2 Å². The van der Waals surface area contributed by atoms with Crippen LogP contribution in [0.3, 0.4) is 0 Å². The van der Waals surface area contributed by atoms with Crippen LogP contribution in [0.1, 0.15) is 34.9 Å². The van der Waals surface area contributed by atoms with E-state index in [1.54, 1.807) is 30.3 Å². The summed E-state index contributed by atoms with van der Waals surface area (Å²) in [4.78, 5) is 12.1. The molecule has 1 heterocycles. The number of halogens is 3. The van der Waals surface area contributed by atoms with Crippen LogP contribution in [0.2, 0.25) is 0 Å². The lowest BCUT2D eigenvalue weighted by Crippen LogP contribution is -2.34. The van der Waals surface area contributed by atoms with E-state index in [4.69, 9.17) is 0 Å². The first-order valence-corrected chi connectivity index (χ1v) is 6.94. The maximum atomic E-state index is 12.3. The first-order chi connectivity index (χ1) is 10.4. The fourth-order valence-electron chi connectivity index (χ4n) is 2.18. The Morgan fingerprint density at radius 1 is 1.27 bits per heavy atom. The van der Waals surface area contributed by atoms with E-state index in [0.29, 0.717) is 11.6 Å². The van der Waals surface area contributed by atoms with Crippen molar-refractivity contribution in [3.8, 4) is 5.69 Å². The smallest absolute Gasteiger partial charge is 0.342 e. The molecular formula is C15H14F3N3O. The molecule has 22 heavy (non-hydrogen) atoms. The van der Waals surface area contributed by atoms with Crippen molar-refractivity contribution in [2.24, 2.45) is 0 Å². The molecule has 0 bridgehead atoms. The molecule has 0 atom stereocenters. The largest absolute Gasteiger partial charge is 0.405 e. The highest BCUT2D eigenvalue weighted by atomic mass is 19.4. The van der Waals surface area contributed by atoms with E-state index in [0.717, 1.165) is 18.5 Å². The topological polar surface area (TPSA) is 46.9 Å². The van der Waals surface area contributed by atoms with Gasteiger partial charge in [-0.3, -0.25) is 4.79 Å². The van der Waals surface area contributed by atoms with Gasteiger partial charge in [-0.05, 0) is 31.0 Å². The molecule has 0 saturated heterocycles. The molecule has 1 aromatic heterocycles. The number of nitrogens with one attached hydrogen (secondary N) is 1. The van der Waals surface area contributed by atoms with Gasteiger partial charge in [-0.15, -0.1) is 0 Å². The minimum Gasteiger partial charge on any atom is -0.342 e. The molecular weight excluding hydrogens is 295 g/mol. The Morgan fingerprint density at radius 2 is 1.95 bits per heavy atom. The summed E-state index contributed by atoms with van der Waals surface area (Å²) in [6, 6.07) is 10.5. The fraction of sp³-hybridized carbons (Fsp3) is 0.333. The molecule has 1 fully saturated rings. The zero-order chi connectivity index (χ0) is 15.7. The van der Waals surface area contributed by atoms with Crippen LogP contribution in [-0.2, 0) is 0 Å². The van der Waals surface area contributed by atoms with E-state index in [1.807, 2.05) is 11.4 Å².